The fraction of sp³-hybridized carbons (Fsp3) is 0.529. The minimum absolute atomic E-state index is 0.112. The van der Waals surface area contributed by atoms with Gasteiger partial charge in [0.2, 0.25) is 0 Å². The number of nitrogens with one attached hydrogen (secondary N) is 1. The van der Waals surface area contributed by atoms with E-state index in [2.05, 4.69) is 19.8 Å². The van der Waals surface area contributed by atoms with Crippen LogP contribution in [0.15, 0.2) is 29.1 Å². The van der Waals surface area contributed by atoms with Crippen LogP contribution in [0.4, 0.5) is 0 Å². The normalized spacial score (nSPS) is 21.4. The summed E-state index contributed by atoms with van der Waals surface area (Å²) >= 11 is 0. The highest BCUT2D eigenvalue weighted by Crippen LogP contribution is 2.17. The lowest BCUT2D eigenvalue weighted by Crippen LogP contribution is -2.41. The van der Waals surface area contributed by atoms with Crippen molar-refractivity contribution in [2.24, 2.45) is 0 Å². The van der Waals surface area contributed by atoms with Crippen LogP contribution in [0, 0.1) is 0 Å². The fourth-order valence-corrected chi connectivity index (χ4v) is 3.39. The molecule has 128 valence electrons. The number of imidazole rings is 1. The van der Waals surface area contributed by atoms with Crippen LogP contribution in [0.5, 0.6) is 0 Å². The van der Waals surface area contributed by atoms with Crippen LogP contribution in [0.25, 0.3) is 0 Å². The maximum Gasteiger partial charge on any atom is 0.287 e. The summed E-state index contributed by atoms with van der Waals surface area (Å²) < 4.78 is 12.9. The third-order valence-electron chi connectivity index (χ3n) is 4.72. The van der Waals surface area contributed by atoms with Crippen LogP contribution < -0.4 is 5.32 Å². The number of carbonyl (C=O) groups is 1. The number of hydrogen-bond donors (Lipinski definition) is 1. The largest absolute Gasteiger partial charge is 0.459 e. The van der Waals surface area contributed by atoms with Gasteiger partial charge in [0.15, 0.2) is 5.76 Å². The molecule has 0 bridgehead atoms. The Balaban J connectivity index is 1.39. The summed E-state index contributed by atoms with van der Waals surface area (Å²) in [5.41, 5.74) is 0.938. The Morgan fingerprint density at radius 3 is 3.12 bits per heavy atom. The number of rotatable bonds is 4. The zero-order chi connectivity index (χ0) is 16.4. The molecule has 1 atom stereocenters. The number of fused-ring (bicyclic) bond motifs is 1. The highest BCUT2D eigenvalue weighted by molar-refractivity contribution is 5.93. The van der Waals surface area contributed by atoms with Crippen LogP contribution >= 0.6 is 0 Å². The topological polar surface area (TPSA) is 72.5 Å². The van der Waals surface area contributed by atoms with Gasteiger partial charge in [-0.3, -0.25) is 9.69 Å². The summed E-state index contributed by atoms with van der Waals surface area (Å²) in [6.07, 6.45) is 7.16. The predicted octanol–water partition coefficient (Wildman–Crippen LogP) is 1.05. The molecule has 4 rings (SSSR count). The van der Waals surface area contributed by atoms with Gasteiger partial charge in [0.1, 0.15) is 5.82 Å². The van der Waals surface area contributed by atoms with Crippen molar-refractivity contribution in [3.05, 3.63) is 41.9 Å². The van der Waals surface area contributed by atoms with Crippen LogP contribution in [-0.2, 0) is 24.2 Å². The molecular weight excluding hydrogens is 308 g/mol. The van der Waals surface area contributed by atoms with Gasteiger partial charge in [-0.05, 0) is 12.5 Å². The average Bonchev–Trinajstić information content (AvgIpc) is 3.24. The van der Waals surface area contributed by atoms with Crippen molar-refractivity contribution in [2.45, 2.75) is 32.0 Å². The van der Waals surface area contributed by atoms with Crippen molar-refractivity contribution in [3.8, 4) is 0 Å². The van der Waals surface area contributed by atoms with Gasteiger partial charge in [0.05, 0.1) is 19.5 Å². The quantitative estimate of drug-likeness (QED) is 0.907. The molecule has 1 fully saturated rings. The van der Waals surface area contributed by atoms with E-state index < -0.39 is 0 Å². The first kappa shape index (κ1) is 15.4. The maximum atomic E-state index is 12.6. The average molecular weight is 330 g/mol. The third-order valence-corrected chi connectivity index (χ3v) is 4.72. The molecule has 24 heavy (non-hydrogen) atoms. The molecule has 0 saturated carbocycles. The molecule has 0 aliphatic carbocycles. The zero-order valence-corrected chi connectivity index (χ0v) is 13.6. The van der Waals surface area contributed by atoms with E-state index in [9.17, 15) is 4.79 Å². The van der Waals surface area contributed by atoms with E-state index in [1.54, 1.807) is 6.26 Å². The molecule has 1 saturated heterocycles. The lowest BCUT2D eigenvalue weighted by molar-refractivity contribution is 0.0339. The predicted molar refractivity (Wildman–Crippen MR) is 86.6 cm³/mol. The van der Waals surface area contributed by atoms with E-state index in [0.29, 0.717) is 5.76 Å². The van der Waals surface area contributed by atoms with Crippen LogP contribution in [-0.4, -0.2) is 52.7 Å². The third kappa shape index (κ3) is 3.22. The molecule has 0 unspecified atom stereocenters. The molecule has 2 aromatic rings. The monoisotopic (exact) mass is 330 g/mol. The van der Waals surface area contributed by atoms with Gasteiger partial charge in [0, 0.05) is 56.6 Å². The minimum Gasteiger partial charge on any atom is -0.459 e. The van der Waals surface area contributed by atoms with Gasteiger partial charge in [0.25, 0.3) is 5.91 Å². The molecule has 2 aliphatic rings. The van der Waals surface area contributed by atoms with Gasteiger partial charge >= 0.3 is 0 Å². The van der Waals surface area contributed by atoms with E-state index in [1.807, 2.05) is 18.5 Å². The van der Waals surface area contributed by atoms with E-state index >= 15 is 0 Å². The number of amides is 1. The van der Waals surface area contributed by atoms with Crippen LogP contribution in [0.2, 0.25) is 0 Å². The van der Waals surface area contributed by atoms with Crippen molar-refractivity contribution in [1.82, 2.24) is 19.8 Å². The molecule has 2 aliphatic heterocycles. The summed E-state index contributed by atoms with van der Waals surface area (Å²) in [6.45, 7) is 4.75. The highest BCUT2D eigenvalue weighted by atomic mass is 16.5. The van der Waals surface area contributed by atoms with Crippen molar-refractivity contribution < 1.29 is 13.9 Å². The summed E-state index contributed by atoms with van der Waals surface area (Å²) in [7, 11) is 0. The molecule has 1 N–H and O–H groups in total. The molecule has 0 aromatic carbocycles. The zero-order valence-electron chi connectivity index (χ0n) is 13.6. The molecule has 7 nitrogen and oxygen atoms in total. The minimum atomic E-state index is -0.128. The standard InChI is InChI=1S/C17H22N4O3/c22-17(19-14-1-2-15-18-4-5-21(15)12-14)16-13(3-8-24-16)11-20-6-9-23-10-7-20/h3-5,8,14H,1-2,6-7,9-12H2,(H,19,22)/t14-/m0/s1. The lowest BCUT2D eigenvalue weighted by atomic mass is 10.1. The van der Waals surface area contributed by atoms with E-state index in [0.717, 1.165) is 63.6 Å². The number of aryl methyl sites for hydroxylation is 1. The summed E-state index contributed by atoms with van der Waals surface area (Å²) in [4.78, 5) is 19.2. The summed E-state index contributed by atoms with van der Waals surface area (Å²) in [5.74, 6) is 1.39. The van der Waals surface area contributed by atoms with Gasteiger partial charge < -0.3 is 19.0 Å². The number of hydrogen-bond acceptors (Lipinski definition) is 5. The van der Waals surface area contributed by atoms with E-state index in [1.165, 1.54) is 0 Å². The van der Waals surface area contributed by atoms with Crippen molar-refractivity contribution in [2.75, 3.05) is 26.3 Å². The Kier molecular flexibility index (Phi) is 4.36. The highest BCUT2D eigenvalue weighted by Gasteiger charge is 2.24. The lowest BCUT2D eigenvalue weighted by Gasteiger charge is -2.27. The Labute approximate surface area is 140 Å². The number of aromatic nitrogens is 2. The van der Waals surface area contributed by atoms with Gasteiger partial charge in [-0.2, -0.15) is 0 Å². The van der Waals surface area contributed by atoms with Crippen LogP contribution in [0.3, 0.4) is 0 Å². The molecule has 0 spiro atoms. The number of carbonyl (C=O) groups excluding carboxylic acids is 1. The molecule has 7 heteroatoms. The Morgan fingerprint density at radius 1 is 1.38 bits per heavy atom. The summed E-state index contributed by atoms with van der Waals surface area (Å²) in [6, 6.07) is 2.00. The fourth-order valence-electron chi connectivity index (χ4n) is 3.39. The SMILES string of the molecule is O=C(N[C@H]1CCc2nccn2C1)c1occc1CN1CCOCC1. The second-order valence-corrected chi connectivity index (χ2v) is 6.37. The van der Waals surface area contributed by atoms with Crippen molar-refractivity contribution in [3.63, 3.8) is 0 Å². The van der Waals surface area contributed by atoms with Gasteiger partial charge in [-0.25, -0.2) is 4.98 Å². The van der Waals surface area contributed by atoms with E-state index in [4.69, 9.17) is 9.15 Å². The van der Waals surface area contributed by atoms with Gasteiger partial charge in [-0.1, -0.05) is 0 Å². The Hall–Kier alpha value is -2.12. The molecule has 2 aromatic heterocycles. The van der Waals surface area contributed by atoms with Crippen LogP contribution in [0.1, 0.15) is 28.4 Å². The first-order valence-electron chi connectivity index (χ1n) is 8.47. The number of morpholine rings is 1. The Morgan fingerprint density at radius 2 is 2.25 bits per heavy atom. The molecule has 0 radical (unpaired) electrons. The molecule has 4 heterocycles. The van der Waals surface area contributed by atoms with Crippen molar-refractivity contribution >= 4 is 5.91 Å². The number of furan rings is 1. The smallest absolute Gasteiger partial charge is 0.287 e. The first-order chi connectivity index (χ1) is 11.8. The summed E-state index contributed by atoms with van der Waals surface area (Å²) in [5, 5.41) is 3.11. The maximum absolute atomic E-state index is 12.6. The molecular formula is C17H22N4O3. The molecule has 1 amide bonds. The van der Waals surface area contributed by atoms with Gasteiger partial charge in [-0.15, -0.1) is 0 Å². The number of nitrogens with zero attached hydrogens (tertiary/aromatic N) is 3. The second kappa shape index (κ2) is 6.78. The van der Waals surface area contributed by atoms with E-state index in [-0.39, 0.29) is 11.9 Å². The Bertz CT molecular complexity index is 702. The first-order valence-corrected chi connectivity index (χ1v) is 8.47. The number of ether oxygens (including phenoxy) is 1. The van der Waals surface area contributed by atoms with Crippen molar-refractivity contribution in [1.29, 1.82) is 0 Å². The second-order valence-electron chi connectivity index (χ2n) is 6.37.